The van der Waals surface area contributed by atoms with Gasteiger partial charge in [0.05, 0.1) is 11.6 Å². The zero-order chi connectivity index (χ0) is 19.0. The van der Waals surface area contributed by atoms with E-state index in [0.29, 0.717) is 29.9 Å². The zero-order valence-electron chi connectivity index (χ0n) is 15.4. The third-order valence-electron chi connectivity index (χ3n) is 6.08. The number of benzene rings is 2. The van der Waals surface area contributed by atoms with E-state index in [0.717, 1.165) is 24.0 Å². The SMILES string of the molecule is C[C@@H](NC(=O)N1C[C@@H]2C[C@@](O)(c3ccccc3)C[C@@H]2C1)c1ccc(Cl)cc1. The van der Waals surface area contributed by atoms with Crippen LogP contribution in [-0.4, -0.2) is 29.1 Å². The number of carbonyl (C=O) groups is 1. The highest BCUT2D eigenvalue weighted by molar-refractivity contribution is 6.30. The average molecular weight is 385 g/mol. The number of hydrogen-bond donors (Lipinski definition) is 2. The van der Waals surface area contributed by atoms with Crippen LogP contribution >= 0.6 is 11.6 Å². The van der Waals surface area contributed by atoms with E-state index in [1.54, 1.807) is 0 Å². The molecule has 0 radical (unpaired) electrons. The molecule has 0 bridgehead atoms. The summed E-state index contributed by atoms with van der Waals surface area (Å²) in [6.45, 7) is 3.39. The van der Waals surface area contributed by atoms with Crippen molar-refractivity contribution in [3.05, 3.63) is 70.7 Å². The second-order valence-electron chi connectivity index (χ2n) is 7.95. The molecule has 2 amide bonds. The monoisotopic (exact) mass is 384 g/mol. The maximum Gasteiger partial charge on any atom is 0.317 e. The smallest absolute Gasteiger partial charge is 0.317 e. The molecule has 1 saturated carbocycles. The molecule has 0 aromatic heterocycles. The Morgan fingerprint density at radius 3 is 2.30 bits per heavy atom. The first-order valence-corrected chi connectivity index (χ1v) is 9.91. The summed E-state index contributed by atoms with van der Waals surface area (Å²) in [5.74, 6) is 0.707. The third kappa shape index (κ3) is 3.69. The van der Waals surface area contributed by atoms with E-state index in [9.17, 15) is 9.90 Å². The summed E-state index contributed by atoms with van der Waals surface area (Å²) < 4.78 is 0. The molecule has 142 valence electrons. The van der Waals surface area contributed by atoms with E-state index in [4.69, 9.17) is 11.6 Å². The summed E-state index contributed by atoms with van der Waals surface area (Å²) in [6, 6.07) is 17.4. The van der Waals surface area contributed by atoms with Crippen LogP contribution in [-0.2, 0) is 5.60 Å². The minimum absolute atomic E-state index is 0.0323. The molecule has 27 heavy (non-hydrogen) atoms. The Bertz CT molecular complexity index is 795. The maximum atomic E-state index is 12.7. The van der Waals surface area contributed by atoms with Gasteiger partial charge in [0.2, 0.25) is 0 Å². The summed E-state index contributed by atoms with van der Waals surface area (Å²) in [6.07, 6.45) is 1.44. The Balaban J connectivity index is 1.36. The van der Waals surface area contributed by atoms with Crippen molar-refractivity contribution >= 4 is 17.6 Å². The lowest BCUT2D eigenvalue weighted by Crippen LogP contribution is -2.41. The fourth-order valence-corrected chi connectivity index (χ4v) is 4.74. The number of nitrogens with zero attached hydrogens (tertiary/aromatic N) is 1. The van der Waals surface area contributed by atoms with E-state index in [1.807, 2.05) is 66.4 Å². The number of fused-ring (bicyclic) bond motifs is 1. The number of hydrogen-bond acceptors (Lipinski definition) is 2. The van der Waals surface area contributed by atoms with E-state index in [2.05, 4.69) is 5.32 Å². The predicted molar refractivity (Wildman–Crippen MR) is 107 cm³/mol. The fraction of sp³-hybridized carbons (Fsp3) is 0.409. The van der Waals surface area contributed by atoms with Crippen molar-refractivity contribution in [3.63, 3.8) is 0 Å². The van der Waals surface area contributed by atoms with Crippen LogP contribution in [0.5, 0.6) is 0 Å². The number of halogens is 1. The summed E-state index contributed by atoms with van der Waals surface area (Å²) in [5.41, 5.74) is 1.27. The topological polar surface area (TPSA) is 52.6 Å². The molecule has 2 aliphatic rings. The van der Waals surface area contributed by atoms with Crippen LogP contribution in [0, 0.1) is 11.8 Å². The van der Waals surface area contributed by atoms with Crippen molar-refractivity contribution in [1.29, 1.82) is 0 Å². The second kappa shape index (κ2) is 7.17. The van der Waals surface area contributed by atoms with Crippen molar-refractivity contribution in [3.8, 4) is 0 Å². The summed E-state index contributed by atoms with van der Waals surface area (Å²) in [4.78, 5) is 14.6. The highest BCUT2D eigenvalue weighted by atomic mass is 35.5. The number of nitrogens with one attached hydrogen (secondary N) is 1. The largest absolute Gasteiger partial charge is 0.385 e. The minimum Gasteiger partial charge on any atom is -0.385 e. The number of amides is 2. The summed E-state index contributed by atoms with van der Waals surface area (Å²) in [5, 5.41) is 14.9. The van der Waals surface area contributed by atoms with Gasteiger partial charge in [-0.15, -0.1) is 0 Å². The van der Waals surface area contributed by atoms with Gasteiger partial charge in [-0.1, -0.05) is 54.1 Å². The van der Waals surface area contributed by atoms with Crippen molar-refractivity contribution < 1.29 is 9.90 Å². The molecule has 4 atom stereocenters. The Hall–Kier alpha value is -2.04. The van der Waals surface area contributed by atoms with E-state index >= 15 is 0 Å². The standard InChI is InChI=1S/C22H25ClN2O2/c1-15(16-7-9-20(23)10-8-16)24-21(26)25-13-17-11-22(27,12-18(17)14-25)19-5-3-2-4-6-19/h2-10,15,17-18,27H,11-14H2,1H3,(H,24,26)/t15-,17-,18+,22-/m1/s1. The Labute approximate surface area is 165 Å². The van der Waals surface area contributed by atoms with Crippen LogP contribution in [0.3, 0.4) is 0 Å². The average Bonchev–Trinajstić information content (AvgIpc) is 3.19. The van der Waals surface area contributed by atoms with Gasteiger partial charge in [-0.25, -0.2) is 4.79 Å². The normalized spacial score (nSPS) is 28.0. The Morgan fingerprint density at radius 2 is 1.70 bits per heavy atom. The first kappa shape index (κ1) is 18.3. The molecule has 1 aliphatic carbocycles. The van der Waals surface area contributed by atoms with Crippen molar-refractivity contribution in [2.75, 3.05) is 13.1 Å². The van der Waals surface area contributed by atoms with Gasteiger partial charge < -0.3 is 15.3 Å². The molecule has 0 spiro atoms. The third-order valence-corrected chi connectivity index (χ3v) is 6.34. The van der Waals surface area contributed by atoms with Crippen molar-refractivity contribution in [1.82, 2.24) is 10.2 Å². The number of urea groups is 1. The molecule has 1 aliphatic heterocycles. The van der Waals surface area contributed by atoms with E-state index in [1.165, 1.54) is 0 Å². The van der Waals surface area contributed by atoms with Gasteiger partial charge in [0, 0.05) is 18.1 Å². The highest BCUT2D eigenvalue weighted by Crippen LogP contribution is 2.48. The molecular weight excluding hydrogens is 360 g/mol. The first-order valence-electron chi connectivity index (χ1n) is 9.53. The lowest BCUT2D eigenvalue weighted by atomic mass is 9.90. The van der Waals surface area contributed by atoms with Gasteiger partial charge in [0.15, 0.2) is 0 Å². The minimum atomic E-state index is -0.754. The van der Waals surface area contributed by atoms with Crippen LogP contribution in [0.15, 0.2) is 54.6 Å². The zero-order valence-corrected chi connectivity index (χ0v) is 16.2. The maximum absolute atomic E-state index is 12.7. The first-order chi connectivity index (χ1) is 12.9. The van der Waals surface area contributed by atoms with Crippen LogP contribution in [0.1, 0.15) is 36.9 Å². The Morgan fingerprint density at radius 1 is 1.11 bits per heavy atom. The van der Waals surface area contributed by atoms with Gasteiger partial charge in [-0.2, -0.15) is 0 Å². The molecule has 4 rings (SSSR count). The lowest BCUT2D eigenvalue weighted by molar-refractivity contribution is 0.0326. The number of aliphatic hydroxyl groups is 1. The predicted octanol–water partition coefficient (Wildman–Crippen LogP) is 4.34. The number of likely N-dealkylation sites (tertiary alicyclic amines) is 1. The summed E-state index contributed by atoms with van der Waals surface area (Å²) >= 11 is 5.93. The van der Waals surface area contributed by atoms with Crippen LogP contribution in [0.25, 0.3) is 0 Å². The van der Waals surface area contributed by atoms with Crippen LogP contribution < -0.4 is 5.32 Å². The quantitative estimate of drug-likeness (QED) is 0.827. The summed E-state index contributed by atoms with van der Waals surface area (Å²) in [7, 11) is 0. The molecule has 2 fully saturated rings. The molecule has 1 saturated heterocycles. The second-order valence-corrected chi connectivity index (χ2v) is 8.39. The molecule has 1 heterocycles. The van der Waals surface area contributed by atoms with Gasteiger partial charge in [-0.05, 0) is 54.9 Å². The lowest BCUT2D eigenvalue weighted by Gasteiger charge is -2.27. The number of carbonyl (C=O) groups excluding carboxylic acids is 1. The van der Waals surface area contributed by atoms with Gasteiger partial charge >= 0.3 is 6.03 Å². The van der Waals surface area contributed by atoms with Crippen LogP contribution in [0.2, 0.25) is 5.02 Å². The molecule has 2 aromatic carbocycles. The number of rotatable bonds is 3. The van der Waals surface area contributed by atoms with E-state index in [-0.39, 0.29) is 12.1 Å². The molecular formula is C22H25ClN2O2. The Kier molecular flexibility index (Phi) is 4.87. The van der Waals surface area contributed by atoms with Crippen molar-refractivity contribution in [2.45, 2.75) is 31.4 Å². The van der Waals surface area contributed by atoms with Crippen molar-refractivity contribution in [2.24, 2.45) is 11.8 Å². The van der Waals surface area contributed by atoms with Gasteiger partial charge in [-0.3, -0.25) is 0 Å². The molecule has 5 heteroatoms. The van der Waals surface area contributed by atoms with Gasteiger partial charge in [0.1, 0.15) is 0 Å². The molecule has 2 N–H and O–H groups in total. The molecule has 0 unspecified atom stereocenters. The molecule has 2 aromatic rings. The fourth-order valence-electron chi connectivity index (χ4n) is 4.61. The van der Waals surface area contributed by atoms with Crippen LogP contribution in [0.4, 0.5) is 4.79 Å². The van der Waals surface area contributed by atoms with Gasteiger partial charge in [0.25, 0.3) is 0 Å². The molecule has 4 nitrogen and oxygen atoms in total. The highest BCUT2D eigenvalue weighted by Gasteiger charge is 2.49. The van der Waals surface area contributed by atoms with E-state index < -0.39 is 5.60 Å².